The van der Waals surface area contributed by atoms with Crippen LogP contribution in [0, 0.1) is 0 Å². The normalized spacial score (nSPS) is 10.5. The largest absolute Gasteiger partial charge is 0.493 e. The second-order valence-corrected chi connectivity index (χ2v) is 4.44. The Morgan fingerprint density at radius 1 is 1.21 bits per heavy atom. The first kappa shape index (κ1) is 13.7. The maximum Gasteiger partial charge on any atom is 0.255 e. The minimum Gasteiger partial charge on any atom is -0.493 e. The summed E-state index contributed by atoms with van der Waals surface area (Å²) < 4.78 is 7.21. The summed E-state index contributed by atoms with van der Waals surface area (Å²) in [6.07, 6.45) is 0. The molecule has 0 radical (unpaired) electrons. The molecular weight excluding hydrogens is 262 g/mol. The molecule has 1 heterocycles. The van der Waals surface area contributed by atoms with Gasteiger partial charge in [0.1, 0.15) is 5.75 Å². The predicted octanol–water partition coefficient (Wildman–Crippen LogP) is 3.19. The van der Waals surface area contributed by atoms with Crippen molar-refractivity contribution in [1.82, 2.24) is 4.57 Å². The van der Waals surface area contributed by atoms with Gasteiger partial charge in [-0.1, -0.05) is 18.2 Å². The van der Waals surface area contributed by atoms with E-state index in [-0.39, 0.29) is 11.4 Å². The maximum atomic E-state index is 12.1. The number of ether oxygens (including phenoxy) is 1. The van der Waals surface area contributed by atoms with E-state index in [1.807, 2.05) is 37.3 Å². The molecule has 0 N–H and O–H groups in total. The summed E-state index contributed by atoms with van der Waals surface area (Å²) in [6.45, 7) is 2.52. The fraction of sp³-hybridized carbons (Fsp3) is 0.267. The lowest BCUT2D eigenvalue weighted by Crippen LogP contribution is -2.21. The van der Waals surface area contributed by atoms with E-state index >= 15 is 0 Å². The first-order valence-corrected chi connectivity index (χ1v) is 6.69. The van der Waals surface area contributed by atoms with E-state index in [4.69, 9.17) is 16.3 Å². The van der Waals surface area contributed by atoms with Gasteiger partial charge in [-0.2, -0.15) is 0 Å². The Bertz CT molecular complexity index is 634. The number of halogens is 1. The number of hydrogen-bond donors (Lipinski definition) is 0. The quantitative estimate of drug-likeness (QED) is 0.804. The zero-order valence-electron chi connectivity index (χ0n) is 11.0. The summed E-state index contributed by atoms with van der Waals surface area (Å²) in [5.41, 5.74) is 2.26. The van der Waals surface area contributed by atoms with Crippen LogP contribution in [0.1, 0.15) is 12.5 Å². The minimum absolute atomic E-state index is 0.0706. The van der Waals surface area contributed by atoms with E-state index in [1.54, 1.807) is 17.7 Å². The van der Waals surface area contributed by atoms with Crippen molar-refractivity contribution in [2.75, 3.05) is 6.61 Å². The van der Waals surface area contributed by atoms with Crippen LogP contribution in [0.5, 0.6) is 5.75 Å². The van der Waals surface area contributed by atoms with Crippen molar-refractivity contribution in [3.8, 4) is 17.0 Å². The number of rotatable bonds is 4. The highest BCUT2D eigenvalue weighted by Gasteiger charge is 2.11. The molecule has 2 rings (SSSR count). The van der Waals surface area contributed by atoms with Gasteiger partial charge in [-0.3, -0.25) is 4.79 Å². The molecule has 1 aromatic carbocycles. The van der Waals surface area contributed by atoms with Gasteiger partial charge in [0.2, 0.25) is 0 Å². The molecule has 0 amide bonds. The van der Waals surface area contributed by atoms with Crippen molar-refractivity contribution in [2.24, 2.45) is 7.05 Å². The third kappa shape index (κ3) is 2.66. The topological polar surface area (TPSA) is 31.2 Å². The lowest BCUT2D eigenvalue weighted by molar-refractivity contribution is 0.341. The van der Waals surface area contributed by atoms with E-state index in [1.165, 1.54) is 0 Å². The highest BCUT2D eigenvalue weighted by Crippen LogP contribution is 2.28. The smallest absolute Gasteiger partial charge is 0.255 e. The van der Waals surface area contributed by atoms with Gasteiger partial charge in [0.05, 0.1) is 18.2 Å². The molecule has 0 unspecified atom stereocenters. The molecule has 3 nitrogen and oxygen atoms in total. The van der Waals surface area contributed by atoms with Crippen LogP contribution in [0.25, 0.3) is 11.3 Å². The number of alkyl halides is 1. The molecule has 100 valence electrons. The number of aromatic nitrogens is 1. The molecule has 0 saturated carbocycles. The highest BCUT2D eigenvalue weighted by atomic mass is 35.5. The molecule has 0 saturated heterocycles. The fourth-order valence-electron chi connectivity index (χ4n) is 2.02. The van der Waals surface area contributed by atoms with Crippen LogP contribution in [0.3, 0.4) is 0 Å². The van der Waals surface area contributed by atoms with Crippen LogP contribution in [-0.4, -0.2) is 11.2 Å². The summed E-state index contributed by atoms with van der Waals surface area (Å²) in [7, 11) is 1.75. The highest BCUT2D eigenvalue weighted by molar-refractivity contribution is 6.17. The van der Waals surface area contributed by atoms with Crippen LogP contribution in [0.15, 0.2) is 41.2 Å². The molecule has 0 aliphatic carbocycles. The molecule has 4 heteroatoms. The van der Waals surface area contributed by atoms with Gasteiger partial charge in [-0.05, 0) is 25.1 Å². The van der Waals surface area contributed by atoms with Crippen LogP contribution in [0.2, 0.25) is 0 Å². The molecule has 2 aromatic rings. The van der Waals surface area contributed by atoms with Gasteiger partial charge < -0.3 is 9.30 Å². The summed E-state index contributed by atoms with van der Waals surface area (Å²) >= 11 is 5.75. The first-order valence-electron chi connectivity index (χ1n) is 6.16. The van der Waals surface area contributed by atoms with E-state index in [0.29, 0.717) is 12.2 Å². The van der Waals surface area contributed by atoms with E-state index in [9.17, 15) is 4.79 Å². The van der Waals surface area contributed by atoms with E-state index in [2.05, 4.69) is 0 Å². The molecule has 0 aliphatic rings. The van der Waals surface area contributed by atoms with Crippen LogP contribution in [-0.2, 0) is 12.9 Å². The van der Waals surface area contributed by atoms with Gasteiger partial charge in [-0.15, -0.1) is 11.6 Å². The SMILES string of the molecule is CCOc1ccccc1-c1ccc(CCl)c(=O)n1C. The lowest BCUT2D eigenvalue weighted by Gasteiger charge is -2.13. The summed E-state index contributed by atoms with van der Waals surface area (Å²) in [6, 6.07) is 11.4. The van der Waals surface area contributed by atoms with Crippen molar-refractivity contribution < 1.29 is 4.74 Å². The number of nitrogens with zero attached hydrogens (tertiary/aromatic N) is 1. The third-order valence-corrected chi connectivity index (χ3v) is 3.28. The van der Waals surface area contributed by atoms with Crippen molar-refractivity contribution in [2.45, 2.75) is 12.8 Å². The minimum atomic E-state index is -0.0706. The van der Waals surface area contributed by atoms with Crippen molar-refractivity contribution in [3.05, 3.63) is 52.3 Å². The average Bonchev–Trinajstić information content (AvgIpc) is 2.43. The predicted molar refractivity (Wildman–Crippen MR) is 77.8 cm³/mol. The van der Waals surface area contributed by atoms with Crippen molar-refractivity contribution in [1.29, 1.82) is 0 Å². The Kier molecular flexibility index (Phi) is 4.27. The van der Waals surface area contributed by atoms with Gasteiger partial charge >= 0.3 is 0 Å². The standard InChI is InChI=1S/C15H16ClNO2/c1-3-19-14-7-5-4-6-12(14)13-9-8-11(10-16)15(18)17(13)2/h4-9H,3,10H2,1-2H3. The third-order valence-electron chi connectivity index (χ3n) is 2.99. The monoisotopic (exact) mass is 277 g/mol. The number of hydrogen-bond acceptors (Lipinski definition) is 2. The Labute approximate surface area is 117 Å². The van der Waals surface area contributed by atoms with Crippen LogP contribution in [0.4, 0.5) is 0 Å². The maximum absolute atomic E-state index is 12.1. The fourth-order valence-corrected chi connectivity index (χ4v) is 2.22. The molecule has 0 atom stereocenters. The zero-order chi connectivity index (χ0) is 13.8. The molecule has 0 bridgehead atoms. The molecular formula is C15H16ClNO2. The second-order valence-electron chi connectivity index (χ2n) is 4.17. The van der Waals surface area contributed by atoms with Gasteiger partial charge in [0.25, 0.3) is 5.56 Å². The average molecular weight is 278 g/mol. The van der Waals surface area contributed by atoms with Crippen LogP contribution < -0.4 is 10.3 Å². The number of pyridine rings is 1. The Morgan fingerprint density at radius 2 is 1.95 bits per heavy atom. The second kappa shape index (κ2) is 5.93. The van der Waals surface area contributed by atoms with Gasteiger partial charge in [0.15, 0.2) is 0 Å². The van der Waals surface area contributed by atoms with E-state index in [0.717, 1.165) is 17.0 Å². The van der Waals surface area contributed by atoms with Gasteiger partial charge in [-0.25, -0.2) is 0 Å². The van der Waals surface area contributed by atoms with Gasteiger partial charge in [0, 0.05) is 18.2 Å². The Balaban J connectivity index is 2.60. The summed E-state index contributed by atoms with van der Waals surface area (Å²) in [4.78, 5) is 12.1. The molecule has 0 aliphatic heterocycles. The summed E-state index contributed by atoms with van der Waals surface area (Å²) in [5, 5.41) is 0. The number of para-hydroxylation sites is 1. The Morgan fingerprint density at radius 3 is 2.63 bits per heavy atom. The molecule has 0 fully saturated rings. The molecule has 0 spiro atoms. The van der Waals surface area contributed by atoms with E-state index < -0.39 is 0 Å². The van der Waals surface area contributed by atoms with Crippen molar-refractivity contribution >= 4 is 11.6 Å². The Hall–Kier alpha value is -1.74. The number of benzene rings is 1. The molecule has 1 aromatic heterocycles. The lowest BCUT2D eigenvalue weighted by atomic mass is 10.1. The summed E-state index contributed by atoms with van der Waals surface area (Å²) in [5.74, 6) is 0.999. The first-order chi connectivity index (χ1) is 9.19. The van der Waals surface area contributed by atoms with Crippen LogP contribution >= 0.6 is 11.6 Å². The van der Waals surface area contributed by atoms with Crippen molar-refractivity contribution in [3.63, 3.8) is 0 Å². The molecule has 19 heavy (non-hydrogen) atoms. The zero-order valence-corrected chi connectivity index (χ0v) is 11.8.